The van der Waals surface area contributed by atoms with Gasteiger partial charge in [0.05, 0.1) is 5.69 Å². The lowest BCUT2D eigenvalue weighted by molar-refractivity contribution is 0.450. The van der Waals surface area contributed by atoms with Gasteiger partial charge in [0.25, 0.3) is 0 Å². The number of fused-ring (bicyclic) bond motifs is 1. The fourth-order valence-corrected chi connectivity index (χ4v) is 1.50. The number of aromatic nitrogens is 1. The SMILES string of the molecule is CC=Cc1c(N)ccc2c(C)noc12. The summed E-state index contributed by atoms with van der Waals surface area (Å²) < 4.78 is 5.23. The van der Waals surface area contributed by atoms with E-state index in [1.165, 1.54) is 0 Å². The van der Waals surface area contributed by atoms with E-state index in [1.807, 2.05) is 38.1 Å². The summed E-state index contributed by atoms with van der Waals surface area (Å²) in [6.45, 7) is 3.86. The first-order valence-corrected chi connectivity index (χ1v) is 4.51. The number of hydrogen-bond donors (Lipinski definition) is 1. The van der Waals surface area contributed by atoms with Crippen molar-refractivity contribution in [1.82, 2.24) is 5.16 Å². The maximum Gasteiger partial charge on any atom is 0.176 e. The minimum atomic E-state index is 0.715. The smallest absolute Gasteiger partial charge is 0.176 e. The molecule has 0 fully saturated rings. The van der Waals surface area contributed by atoms with Crippen LogP contribution in [0.1, 0.15) is 18.2 Å². The van der Waals surface area contributed by atoms with Crippen LogP contribution in [0.3, 0.4) is 0 Å². The minimum absolute atomic E-state index is 0.715. The number of benzene rings is 1. The van der Waals surface area contributed by atoms with Crippen LogP contribution >= 0.6 is 0 Å². The molecule has 0 spiro atoms. The first-order valence-electron chi connectivity index (χ1n) is 4.51. The number of allylic oxidation sites excluding steroid dienone is 1. The van der Waals surface area contributed by atoms with Crippen molar-refractivity contribution in [2.75, 3.05) is 5.73 Å². The van der Waals surface area contributed by atoms with Gasteiger partial charge in [-0.25, -0.2) is 0 Å². The van der Waals surface area contributed by atoms with Crippen LogP contribution in [0.5, 0.6) is 0 Å². The Balaban J connectivity index is 2.83. The van der Waals surface area contributed by atoms with Crippen LogP contribution in [0.2, 0.25) is 0 Å². The van der Waals surface area contributed by atoms with Crippen LogP contribution in [0.15, 0.2) is 22.7 Å². The molecule has 2 aromatic rings. The first kappa shape index (κ1) is 8.81. The molecule has 0 radical (unpaired) electrons. The molecule has 3 nitrogen and oxygen atoms in total. The van der Waals surface area contributed by atoms with Gasteiger partial charge in [-0.2, -0.15) is 0 Å². The van der Waals surface area contributed by atoms with Crippen molar-refractivity contribution in [2.24, 2.45) is 0 Å². The highest BCUT2D eigenvalue weighted by Crippen LogP contribution is 2.27. The van der Waals surface area contributed by atoms with Crippen molar-refractivity contribution in [2.45, 2.75) is 13.8 Å². The molecule has 1 aromatic carbocycles. The van der Waals surface area contributed by atoms with E-state index in [0.29, 0.717) is 5.69 Å². The third-order valence-corrected chi connectivity index (χ3v) is 2.23. The van der Waals surface area contributed by atoms with Crippen LogP contribution in [0.4, 0.5) is 5.69 Å². The summed E-state index contributed by atoms with van der Waals surface area (Å²) in [7, 11) is 0. The molecule has 0 bridgehead atoms. The van der Waals surface area contributed by atoms with Crippen molar-refractivity contribution in [3.8, 4) is 0 Å². The molecule has 2 rings (SSSR count). The van der Waals surface area contributed by atoms with E-state index in [1.54, 1.807) is 0 Å². The third kappa shape index (κ3) is 1.18. The zero-order chi connectivity index (χ0) is 10.1. The van der Waals surface area contributed by atoms with Gasteiger partial charge in [0.15, 0.2) is 5.58 Å². The second kappa shape index (κ2) is 3.18. The molecule has 14 heavy (non-hydrogen) atoms. The number of rotatable bonds is 1. The zero-order valence-electron chi connectivity index (χ0n) is 8.24. The quantitative estimate of drug-likeness (QED) is 0.700. The van der Waals surface area contributed by atoms with Crippen molar-refractivity contribution in [1.29, 1.82) is 0 Å². The van der Waals surface area contributed by atoms with Crippen LogP contribution < -0.4 is 5.73 Å². The zero-order valence-corrected chi connectivity index (χ0v) is 8.24. The highest BCUT2D eigenvalue weighted by molar-refractivity contribution is 5.92. The predicted octanol–water partition coefficient (Wildman–Crippen LogP) is 2.75. The van der Waals surface area contributed by atoms with Crippen LogP contribution in [-0.2, 0) is 0 Å². The number of nitrogen functional groups attached to an aromatic ring is 1. The lowest BCUT2D eigenvalue weighted by atomic mass is 10.1. The van der Waals surface area contributed by atoms with E-state index in [4.69, 9.17) is 10.3 Å². The third-order valence-electron chi connectivity index (χ3n) is 2.23. The Bertz CT molecular complexity index is 497. The molecule has 1 aromatic heterocycles. The molecule has 72 valence electrons. The van der Waals surface area contributed by atoms with E-state index in [2.05, 4.69) is 5.16 Å². The highest BCUT2D eigenvalue weighted by atomic mass is 16.5. The van der Waals surface area contributed by atoms with Gasteiger partial charge in [-0.1, -0.05) is 17.3 Å². The van der Waals surface area contributed by atoms with E-state index in [-0.39, 0.29) is 0 Å². The molecule has 0 aliphatic heterocycles. The lowest BCUT2D eigenvalue weighted by Gasteiger charge is -1.99. The fraction of sp³-hybridized carbons (Fsp3) is 0.182. The lowest BCUT2D eigenvalue weighted by Crippen LogP contribution is -1.89. The summed E-state index contributed by atoms with van der Waals surface area (Å²) in [5, 5.41) is 4.94. The number of hydrogen-bond acceptors (Lipinski definition) is 3. The molecule has 0 saturated carbocycles. The van der Waals surface area contributed by atoms with Gasteiger partial charge in [-0.05, 0) is 26.0 Å². The average molecular weight is 188 g/mol. The molecule has 2 N–H and O–H groups in total. The van der Waals surface area contributed by atoms with Crippen LogP contribution in [-0.4, -0.2) is 5.16 Å². The van der Waals surface area contributed by atoms with E-state index in [9.17, 15) is 0 Å². The summed E-state index contributed by atoms with van der Waals surface area (Å²) >= 11 is 0. The molecule has 0 saturated heterocycles. The topological polar surface area (TPSA) is 52.0 Å². The van der Waals surface area contributed by atoms with Crippen LogP contribution in [0.25, 0.3) is 17.0 Å². The normalized spacial score (nSPS) is 11.6. The Labute approximate surface area is 82.2 Å². The number of nitrogens with zero attached hydrogens (tertiary/aromatic N) is 1. The number of anilines is 1. The van der Waals surface area contributed by atoms with Gasteiger partial charge >= 0.3 is 0 Å². The van der Waals surface area contributed by atoms with Crippen molar-refractivity contribution in [3.63, 3.8) is 0 Å². The molecule has 0 aliphatic carbocycles. The molecule has 0 aliphatic rings. The Hall–Kier alpha value is -1.77. The Morgan fingerprint density at radius 1 is 1.43 bits per heavy atom. The summed E-state index contributed by atoms with van der Waals surface area (Å²) in [5.74, 6) is 0. The summed E-state index contributed by atoms with van der Waals surface area (Å²) in [6.07, 6.45) is 3.87. The largest absolute Gasteiger partial charge is 0.398 e. The maximum atomic E-state index is 5.84. The minimum Gasteiger partial charge on any atom is -0.398 e. The number of aryl methyl sites for hydroxylation is 1. The van der Waals surface area contributed by atoms with Gasteiger partial charge in [-0.3, -0.25) is 0 Å². The summed E-state index contributed by atoms with van der Waals surface area (Å²) in [5.41, 5.74) is 9.12. The molecule has 0 amide bonds. The van der Waals surface area contributed by atoms with Gasteiger partial charge in [0, 0.05) is 16.6 Å². The van der Waals surface area contributed by atoms with Crippen molar-refractivity contribution in [3.05, 3.63) is 29.5 Å². The van der Waals surface area contributed by atoms with Crippen molar-refractivity contribution < 1.29 is 4.52 Å². The second-order valence-corrected chi connectivity index (χ2v) is 3.21. The molecule has 0 atom stereocenters. The van der Waals surface area contributed by atoms with Gasteiger partial charge < -0.3 is 10.3 Å². The average Bonchev–Trinajstić information content (AvgIpc) is 2.53. The Morgan fingerprint density at radius 2 is 2.21 bits per heavy atom. The predicted molar refractivity (Wildman–Crippen MR) is 57.9 cm³/mol. The molecular weight excluding hydrogens is 176 g/mol. The van der Waals surface area contributed by atoms with Crippen molar-refractivity contribution >= 4 is 22.7 Å². The van der Waals surface area contributed by atoms with Gasteiger partial charge in [0.2, 0.25) is 0 Å². The first-order chi connectivity index (χ1) is 6.74. The monoisotopic (exact) mass is 188 g/mol. The highest BCUT2D eigenvalue weighted by Gasteiger charge is 2.09. The fourth-order valence-electron chi connectivity index (χ4n) is 1.50. The Kier molecular flexibility index (Phi) is 2.00. The second-order valence-electron chi connectivity index (χ2n) is 3.21. The number of nitrogens with two attached hydrogens (primary N) is 1. The molecule has 3 heteroatoms. The molecule has 0 unspecified atom stereocenters. The standard InChI is InChI=1S/C11H12N2O/c1-3-4-9-10(12)6-5-8-7(2)13-14-11(8)9/h3-6H,12H2,1-2H3. The van der Waals surface area contributed by atoms with E-state index < -0.39 is 0 Å². The van der Waals surface area contributed by atoms with Gasteiger partial charge in [0.1, 0.15) is 0 Å². The van der Waals surface area contributed by atoms with E-state index in [0.717, 1.165) is 22.2 Å². The molecular formula is C11H12N2O. The van der Waals surface area contributed by atoms with Gasteiger partial charge in [-0.15, -0.1) is 0 Å². The summed E-state index contributed by atoms with van der Waals surface area (Å²) in [4.78, 5) is 0. The van der Waals surface area contributed by atoms with Crippen LogP contribution in [0, 0.1) is 6.92 Å². The summed E-state index contributed by atoms with van der Waals surface area (Å²) in [6, 6.07) is 3.81. The maximum absolute atomic E-state index is 5.84. The Morgan fingerprint density at radius 3 is 2.93 bits per heavy atom. The van der Waals surface area contributed by atoms with E-state index >= 15 is 0 Å². The molecule has 1 heterocycles.